The summed E-state index contributed by atoms with van der Waals surface area (Å²) < 4.78 is 5.66. The highest BCUT2D eigenvalue weighted by molar-refractivity contribution is 5.86. The minimum atomic E-state index is 0.718. The molecule has 2 nitrogen and oxygen atoms in total. The molecule has 1 aromatic heterocycles. The number of nitrogen functional groups attached to an aromatic ring is 1. The highest BCUT2D eigenvalue weighted by Crippen LogP contribution is 2.28. The molecular weight excluding hydrogens is 186 g/mol. The van der Waals surface area contributed by atoms with Crippen molar-refractivity contribution in [3.8, 4) is 11.8 Å². The van der Waals surface area contributed by atoms with Gasteiger partial charge in [-0.15, -0.1) is 0 Å². The number of allylic oxidation sites excluding steroid dienone is 2. The molecule has 1 aliphatic rings. The quantitative estimate of drug-likeness (QED) is 0.518. The third-order valence-corrected chi connectivity index (χ3v) is 2.53. The SMILES string of the molecule is Nc1ccc2c3c(oc2c1)C#CC=CC3. The van der Waals surface area contributed by atoms with E-state index >= 15 is 0 Å². The second-order valence-corrected chi connectivity index (χ2v) is 3.54. The average molecular weight is 195 g/mol. The molecule has 3 rings (SSSR count). The zero-order valence-electron chi connectivity index (χ0n) is 8.08. The van der Waals surface area contributed by atoms with Gasteiger partial charge in [0.1, 0.15) is 5.58 Å². The Hall–Kier alpha value is -2.14. The molecule has 1 aliphatic carbocycles. The van der Waals surface area contributed by atoms with Gasteiger partial charge in [-0.1, -0.05) is 12.0 Å². The van der Waals surface area contributed by atoms with Crippen molar-refractivity contribution < 1.29 is 4.42 Å². The van der Waals surface area contributed by atoms with Crippen molar-refractivity contribution in [2.24, 2.45) is 0 Å². The van der Waals surface area contributed by atoms with Gasteiger partial charge in [-0.2, -0.15) is 0 Å². The molecule has 0 bridgehead atoms. The highest BCUT2D eigenvalue weighted by atomic mass is 16.3. The lowest BCUT2D eigenvalue weighted by atomic mass is 10.1. The molecular formula is C13H9NO. The van der Waals surface area contributed by atoms with Crippen LogP contribution in [0.1, 0.15) is 11.3 Å². The molecule has 2 N–H and O–H groups in total. The van der Waals surface area contributed by atoms with Crippen molar-refractivity contribution in [2.75, 3.05) is 5.73 Å². The summed E-state index contributed by atoms with van der Waals surface area (Å²) in [6.45, 7) is 0. The minimum Gasteiger partial charge on any atom is -0.447 e. The van der Waals surface area contributed by atoms with Crippen LogP contribution in [0.15, 0.2) is 34.8 Å². The monoisotopic (exact) mass is 195 g/mol. The van der Waals surface area contributed by atoms with Crippen LogP contribution in [0.3, 0.4) is 0 Å². The molecule has 0 aliphatic heterocycles. The Morgan fingerprint density at radius 1 is 1.33 bits per heavy atom. The molecule has 1 heterocycles. The van der Waals surface area contributed by atoms with Crippen LogP contribution >= 0.6 is 0 Å². The van der Waals surface area contributed by atoms with Crippen molar-refractivity contribution in [3.05, 3.63) is 41.7 Å². The van der Waals surface area contributed by atoms with Gasteiger partial charge in [0.15, 0.2) is 5.76 Å². The first-order valence-corrected chi connectivity index (χ1v) is 4.82. The molecule has 2 aromatic rings. The molecule has 2 heteroatoms. The van der Waals surface area contributed by atoms with Crippen molar-refractivity contribution in [1.82, 2.24) is 0 Å². The van der Waals surface area contributed by atoms with Crippen LogP contribution in [0.4, 0.5) is 5.69 Å². The molecule has 0 radical (unpaired) electrons. The maximum Gasteiger partial charge on any atom is 0.182 e. The first-order chi connectivity index (χ1) is 7.34. The van der Waals surface area contributed by atoms with Gasteiger partial charge in [-0.3, -0.25) is 0 Å². The van der Waals surface area contributed by atoms with E-state index in [2.05, 4.69) is 11.8 Å². The van der Waals surface area contributed by atoms with Gasteiger partial charge in [0, 0.05) is 22.7 Å². The normalized spacial score (nSPS) is 13.1. The standard InChI is InChI=1S/C13H9NO/c14-9-6-7-11-10-4-2-1-3-5-12(10)15-13(11)8-9/h1-2,6-8H,4,14H2. The van der Waals surface area contributed by atoms with E-state index in [9.17, 15) is 0 Å². The van der Waals surface area contributed by atoms with E-state index in [0.717, 1.165) is 34.4 Å². The van der Waals surface area contributed by atoms with Crippen LogP contribution in [0.25, 0.3) is 11.0 Å². The highest BCUT2D eigenvalue weighted by Gasteiger charge is 2.12. The van der Waals surface area contributed by atoms with Gasteiger partial charge in [0.2, 0.25) is 0 Å². The summed E-state index contributed by atoms with van der Waals surface area (Å²) >= 11 is 0. The molecule has 0 atom stereocenters. The Morgan fingerprint density at radius 2 is 2.27 bits per heavy atom. The predicted octanol–water partition coefficient (Wildman–Crippen LogP) is 2.48. The summed E-state index contributed by atoms with van der Waals surface area (Å²) in [5.74, 6) is 6.68. The average Bonchev–Trinajstić information content (AvgIpc) is 2.42. The largest absolute Gasteiger partial charge is 0.447 e. The zero-order valence-corrected chi connectivity index (χ0v) is 8.08. The Bertz CT molecular complexity index is 623. The molecule has 15 heavy (non-hydrogen) atoms. The number of hydrogen-bond acceptors (Lipinski definition) is 2. The smallest absolute Gasteiger partial charge is 0.182 e. The molecule has 0 saturated carbocycles. The Kier molecular flexibility index (Phi) is 1.60. The third kappa shape index (κ3) is 1.21. The lowest BCUT2D eigenvalue weighted by Crippen LogP contribution is -1.84. The van der Waals surface area contributed by atoms with E-state index in [1.54, 1.807) is 0 Å². The van der Waals surface area contributed by atoms with Crippen LogP contribution in [0.2, 0.25) is 0 Å². The maximum atomic E-state index is 5.70. The predicted molar refractivity (Wildman–Crippen MR) is 60.3 cm³/mol. The fraction of sp³-hybridized carbons (Fsp3) is 0.0769. The zero-order chi connectivity index (χ0) is 10.3. The summed E-state index contributed by atoms with van der Waals surface area (Å²) in [6.07, 6.45) is 4.76. The first kappa shape index (κ1) is 8.19. The fourth-order valence-corrected chi connectivity index (χ4v) is 1.81. The number of anilines is 1. The summed E-state index contributed by atoms with van der Waals surface area (Å²) in [5, 5.41) is 1.11. The second kappa shape index (κ2) is 2.93. The van der Waals surface area contributed by atoms with Crippen molar-refractivity contribution in [1.29, 1.82) is 0 Å². The third-order valence-electron chi connectivity index (χ3n) is 2.53. The Balaban J connectivity index is 2.36. The lowest BCUT2D eigenvalue weighted by molar-refractivity contribution is 0.597. The second-order valence-electron chi connectivity index (χ2n) is 3.54. The van der Waals surface area contributed by atoms with Crippen LogP contribution in [-0.2, 0) is 6.42 Å². The van der Waals surface area contributed by atoms with Gasteiger partial charge < -0.3 is 10.2 Å². The number of hydrogen-bond donors (Lipinski definition) is 1. The molecule has 1 aromatic carbocycles. The van der Waals surface area contributed by atoms with E-state index in [-0.39, 0.29) is 0 Å². The van der Waals surface area contributed by atoms with Gasteiger partial charge in [-0.05, 0) is 30.6 Å². The molecule has 0 saturated heterocycles. The van der Waals surface area contributed by atoms with Crippen LogP contribution in [-0.4, -0.2) is 0 Å². The van der Waals surface area contributed by atoms with Crippen LogP contribution < -0.4 is 5.73 Å². The summed E-state index contributed by atoms with van der Waals surface area (Å²) in [5.41, 5.74) is 8.40. The number of nitrogens with two attached hydrogens (primary N) is 1. The van der Waals surface area contributed by atoms with E-state index < -0.39 is 0 Å². The topological polar surface area (TPSA) is 39.2 Å². The minimum absolute atomic E-state index is 0.718. The Labute approximate surface area is 87.4 Å². The van der Waals surface area contributed by atoms with Gasteiger partial charge in [0.05, 0.1) is 0 Å². The first-order valence-electron chi connectivity index (χ1n) is 4.82. The van der Waals surface area contributed by atoms with E-state index in [4.69, 9.17) is 10.2 Å². The van der Waals surface area contributed by atoms with Gasteiger partial charge in [0.25, 0.3) is 0 Å². The van der Waals surface area contributed by atoms with Crippen molar-refractivity contribution in [2.45, 2.75) is 6.42 Å². The van der Waals surface area contributed by atoms with Crippen molar-refractivity contribution >= 4 is 16.7 Å². The molecule has 0 fully saturated rings. The Morgan fingerprint density at radius 3 is 3.20 bits per heavy atom. The van der Waals surface area contributed by atoms with Gasteiger partial charge in [-0.25, -0.2) is 0 Å². The lowest BCUT2D eigenvalue weighted by Gasteiger charge is -1.93. The van der Waals surface area contributed by atoms with E-state index in [1.807, 2.05) is 30.4 Å². The van der Waals surface area contributed by atoms with Crippen LogP contribution in [0, 0.1) is 11.8 Å². The number of fused-ring (bicyclic) bond motifs is 3. The molecule has 0 spiro atoms. The molecule has 72 valence electrons. The van der Waals surface area contributed by atoms with Crippen LogP contribution in [0.5, 0.6) is 0 Å². The van der Waals surface area contributed by atoms with E-state index in [0.29, 0.717) is 0 Å². The van der Waals surface area contributed by atoms with E-state index in [1.165, 1.54) is 0 Å². The van der Waals surface area contributed by atoms with Gasteiger partial charge >= 0.3 is 0 Å². The fourth-order valence-electron chi connectivity index (χ4n) is 1.81. The summed E-state index contributed by atoms with van der Waals surface area (Å²) in [7, 11) is 0. The number of furan rings is 1. The maximum absolute atomic E-state index is 5.70. The summed E-state index contributed by atoms with van der Waals surface area (Å²) in [4.78, 5) is 0. The molecule has 0 unspecified atom stereocenters. The molecule has 0 amide bonds. The number of rotatable bonds is 0. The number of benzene rings is 1. The summed E-state index contributed by atoms with van der Waals surface area (Å²) in [6, 6.07) is 5.73. The van der Waals surface area contributed by atoms with Crippen molar-refractivity contribution in [3.63, 3.8) is 0 Å².